The third-order valence-corrected chi connectivity index (χ3v) is 4.78. The van der Waals surface area contributed by atoms with Gasteiger partial charge in [-0.3, -0.25) is 4.79 Å². The number of amides is 1. The molecule has 5 nitrogen and oxygen atoms in total. The van der Waals surface area contributed by atoms with Crippen LogP contribution in [0.1, 0.15) is 38.1 Å². The van der Waals surface area contributed by atoms with Crippen molar-refractivity contribution in [3.05, 3.63) is 54.1 Å². The molecule has 2 aromatic rings. The Balaban J connectivity index is 1.79. The molecule has 2 aromatic carbocycles. The first-order valence-corrected chi connectivity index (χ1v) is 8.24. The summed E-state index contributed by atoms with van der Waals surface area (Å²) in [7, 11) is -0.515. The summed E-state index contributed by atoms with van der Waals surface area (Å²) in [5, 5.41) is 12.3. The largest absolute Gasteiger partial charge is 0.508 e. The van der Waals surface area contributed by atoms with Crippen LogP contribution in [0.5, 0.6) is 5.75 Å². The first kappa shape index (κ1) is 17.5. The summed E-state index contributed by atoms with van der Waals surface area (Å²) < 4.78 is 12.1. The summed E-state index contributed by atoms with van der Waals surface area (Å²) in [4.78, 5) is 12.5. The van der Waals surface area contributed by atoms with Gasteiger partial charge in [-0.15, -0.1) is 0 Å². The Kier molecular flexibility index (Phi) is 4.35. The standard InChI is InChI=1S/C19H22BNO4/c1-18(2)19(3,4)25-20(24-18)14-8-5-7-13(11-14)17(23)21-15-9-6-10-16(22)12-15/h5-12,22H,1-4H3,(H,21,23). The molecular weight excluding hydrogens is 317 g/mol. The second kappa shape index (κ2) is 6.21. The molecule has 1 saturated heterocycles. The summed E-state index contributed by atoms with van der Waals surface area (Å²) >= 11 is 0. The fourth-order valence-corrected chi connectivity index (χ4v) is 2.59. The van der Waals surface area contributed by atoms with Gasteiger partial charge in [0, 0.05) is 17.3 Å². The van der Waals surface area contributed by atoms with Gasteiger partial charge in [0.25, 0.3) is 5.91 Å². The lowest BCUT2D eigenvalue weighted by Gasteiger charge is -2.32. The number of carbonyl (C=O) groups is 1. The zero-order chi connectivity index (χ0) is 18.2. The van der Waals surface area contributed by atoms with Crippen molar-refractivity contribution in [1.29, 1.82) is 0 Å². The van der Waals surface area contributed by atoms with Gasteiger partial charge in [-0.1, -0.05) is 18.2 Å². The van der Waals surface area contributed by atoms with Gasteiger partial charge in [-0.2, -0.15) is 0 Å². The second-order valence-corrected chi connectivity index (χ2v) is 7.22. The van der Waals surface area contributed by atoms with Crippen molar-refractivity contribution in [3.8, 4) is 5.75 Å². The second-order valence-electron chi connectivity index (χ2n) is 7.22. The van der Waals surface area contributed by atoms with Crippen LogP contribution in [0.15, 0.2) is 48.5 Å². The molecule has 1 aliphatic heterocycles. The van der Waals surface area contributed by atoms with Crippen LogP contribution in [0.4, 0.5) is 5.69 Å². The number of hydrogen-bond donors (Lipinski definition) is 2. The van der Waals surface area contributed by atoms with Crippen LogP contribution in [0.3, 0.4) is 0 Å². The van der Waals surface area contributed by atoms with Crippen molar-refractivity contribution in [2.24, 2.45) is 0 Å². The average Bonchev–Trinajstić information content (AvgIpc) is 2.76. The topological polar surface area (TPSA) is 67.8 Å². The monoisotopic (exact) mass is 339 g/mol. The quantitative estimate of drug-likeness (QED) is 0.844. The van der Waals surface area contributed by atoms with Crippen LogP contribution in [0, 0.1) is 0 Å². The zero-order valence-corrected chi connectivity index (χ0v) is 14.9. The molecule has 0 aromatic heterocycles. The van der Waals surface area contributed by atoms with Crippen molar-refractivity contribution in [2.75, 3.05) is 5.32 Å². The summed E-state index contributed by atoms with van der Waals surface area (Å²) in [6, 6.07) is 13.6. The molecule has 3 rings (SSSR count). The van der Waals surface area contributed by atoms with E-state index in [2.05, 4.69) is 5.32 Å². The van der Waals surface area contributed by atoms with Gasteiger partial charge in [0.15, 0.2) is 0 Å². The lowest BCUT2D eigenvalue weighted by atomic mass is 9.78. The maximum atomic E-state index is 12.5. The van der Waals surface area contributed by atoms with Gasteiger partial charge < -0.3 is 19.7 Å². The number of hydrogen-bond acceptors (Lipinski definition) is 4. The molecule has 2 N–H and O–H groups in total. The molecule has 1 aliphatic rings. The van der Waals surface area contributed by atoms with Crippen molar-refractivity contribution in [3.63, 3.8) is 0 Å². The summed E-state index contributed by atoms with van der Waals surface area (Å²) in [5.41, 5.74) is 0.957. The third-order valence-electron chi connectivity index (χ3n) is 4.78. The minimum atomic E-state index is -0.515. The minimum absolute atomic E-state index is 0.101. The highest BCUT2D eigenvalue weighted by Gasteiger charge is 2.51. The van der Waals surface area contributed by atoms with Crippen LogP contribution < -0.4 is 10.8 Å². The molecule has 0 bridgehead atoms. The van der Waals surface area contributed by atoms with Gasteiger partial charge in [0.1, 0.15) is 5.75 Å². The van der Waals surface area contributed by atoms with Crippen molar-refractivity contribution < 1.29 is 19.2 Å². The van der Waals surface area contributed by atoms with Gasteiger partial charge in [-0.05, 0) is 57.4 Å². The molecule has 0 spiro atoms. The molecule has 1 fully saturated rings. The molecule has 0 unspecified atom stereocenters. The third kappa shape index (κ3) is 3.55. The Bertz CT molecular complexity index is 788. The molecule has 130 valence electrons. The van der Waals surface area contributed by atoms with Crippen molar-refractivity contribution >= 4 is 24.2 Å². The molecule has 0 aliphatic carbocycles. The van der Waals surface area contributed by atoms with E-state index < -0.39 is 18.3 Å². The highest BCUT2D eigenvalue weighted by Crippen LogP contribution is 2.36. The molecular formula is C19H22BNO4. The predicted molar refractivity (Wildman–Crippen MR) is 98.2 cm³/mol. The Morgan fingerprint density at radius 2 is 1.64 bits per heavy atom. The van der Waals surface area contributed by atoms with E-state index in [0.29, 0.717) is 11.3 Å². The number of phenols is 1. The van der Waals surface area contributed by atoms with Crippen LogP contribution in [0.2, 0.25) is 0 Å². The molecule has 1 amide bonds. The maximum absolute atomic E-state index is 12.5. The first-order valence-electron chi connectivity index (χ1n) is 8.24. The smallest absolute Gasteiger partial charge is 0.494 e. The fraction of sp³-hybridized carbons (Fsp3) is 0.316. The number of benzene rings is 2. The Hall–Kier alpha value is -2.31. The van der Waals surface area contributed by atoms with Gasteiger partial charge in [0.05, 0.1) is 11.2 Å². The number of aromatic hydroxyl groups is 1. The molecule has 0 saturated carbocycles. The van der Waals surface area contributed by atoms with E-state index in [0.717, 1.165) is 5.46 Å². The Morgan fingerprint density at radius 1 is 1.00 bits per heavy atom. The molecule has 1 heterocycles. The van der Waals surface area contributed by atoms with Crippen LogP contribution >= 0.6 is 0 Å². The van der Waals surface area contributed by atoms with E-state index in [-0.39, 0.29) is 11.7 Å². The molecule has 0 radical (unpaired) electrons. The Morgan fingerprint density at radius 3 is 2.28 bits per heavy atom. The van der Waals surface area contributed by atoms with E-state index >= 15 is 0 Å². The Labute approximate surface area is 148 Å². The lowest BCUT2D eigenvalue weighted by molar-refractivity contribution is 0.00578. The van der Waals surface area contributed by atoms with Gasteiger partial charge in [0.2, 0.25) is 0 Å². The number of rotatable bonds is 3. The van der Waals surface area contributed by atoms with E-state index in [4.69, 9.17) is 9.31 Å². The van der Waals surface area contributed by atoms with Gasteiger partial charge in [-0.25, -0.2) is 0 Å². The maximum Gasteiger partial charge on any atom is 0.494 e. The summed E-state index contributed by atoms with van der Waals surface area (Å²) in [5.74, 6) is -0.160. The fourth-order valence-electron chi connectivity index (χ4n) is 2.59. The van der Waals surface area contributed by atoms with E-state index in [1.54, 1.807) is 36.4 Å². The van der Waals surface area contributed by atoms with E-state index in [1.807, 2.05) is 33.8 Å². The van der Waals surface area contributed by atoms with Crippen LogP contribution in [-0.2, 0) is 9.31 Å². The number of nitrogens with one attached hydrogen (secondary N) is 1. The molecule has 0 atom stereocenters. The normalized spacial score (nSPS) is 18.2. The highest BCUT2D eigenvalue weighted by atomic mass is 16.7. The number of carbonyl (C=O) groups excluding carboxylic acids is 1. The van der Waals surface area contributed by atoms with Crippen LogP contribution in [-0.4, -0.2) is 29.3 Å². The summed E-state index contributed by atoms with van der Waals surface area (Å²) in [6.45, 7) is 7.97. The molecule has 6 heteroatoms. The minimum Gasteiger partial charge on any atom is -0.508 e. The predicted octanol–water partition coefficient (Wildman–Crippen LogP) is 2.94. The molecule has 25 heavy (non-hydrogen) atoms. The number of anilines is 1. The van der Waals surface area contributed by atoms with Crippen molar-refractivity contribution in [2.45, 2.75) is 38.9 Å². The zero-order valence-electron chi connectivity index (χ0n) is 14.9. The summed E-state index contributed by atoms with van der Waals surface area (Å²) in [6.07, 6.45) is 0. The number of phenolic OH excluding ortho intramolecular Hbond substituents is 1. The lowest BCUT2D eigenvalue weighted by Crippen LogP contribution is -2.41. The van der Waals surface area contributed by atoms with Crippen molar-refractivity contribution in [1.82, 2.24) is 0 Å². The van der Waals surface area contributed by atoms with E-state index in [9.17, 15) is 9.90 Å². The van der Waals surface area contributed by atoms with Crippen LogP contribution in [0.25, 0.3) is 0 Å². The van der Waals surface area contributed by atoms with Gasteiger partial charge >= 0.3 is 7.12 Å². The first-order chi connectivity index (χ1) is 11.7. The highest BCUT2D eigenvalue weighted by molar-refractivity contribution is 6.62. The van der Waals surface area contributed by atoms with E-state index in [1.165, 1.54) is 6.07 Å². The average molecular weight is 339 g/mol. The SMILES string of the molecule is CC1(C)OB(c2cccc(C(=O)Nc3cccc(O)c3)c2)OC1(C)C.